The third kappa shape index (κ3) is 1.74. The number of carboxylic acid groups (broad SMARTS) is 1. The van der Waals surface area contributed by atoms with Crippen LogP contribution in [-0.4, -0.2) is 25.5 Å². The molecule has 0 amide bonds. The highest BCUT2D eigenvalue weighted by molar-refractivity contribution is 7.96. The topological polar surface area (TPSA) is 97.5 Å². The molecule has 1 aliphatic rings. The van der Waals surface area contributed by atoms with E-state index in [2.05, 4.69) is 0 Å². The second-order valence-corrected chi connectivity index (χ2v) is 5.84. The van der Waals surface area contributed by atoms with Gasteiger partial charge >= 0.3 is 5.97 Å². The van der Waals surface area contributed by atoms with Crippen LogP contribution in [0.5, 0.6) is 0 Å². The molecule has 0 radical (unpaired) electrons. The molecular formula is C10H8ClNO4S. The summed E-state index contributed by atoms with van der Waals surface area (Å²) >= 11 is 5.85. The first-order valence-corrected chi connectivity index (χ1v) is 6.45. The van der Waals surface area contributed by atoms with Crippen molar-refractivity contribution in [3.63, 3.8) is 0 Å². The van der Waals surface area contributed by atoms with Gasteiger partial charge in [0.15, 0.2) is 0 Å². The van der Waals surface area contributed by atoms with E-state index >= 15 is 0 Å². The Hall–Kier alpha value is -1.37. The Balaban J connectivity index is 2.67. The summed E-state index contributed by atoms with van der Waals surface area (Å²) in [5, 5.41) is 9.01. The summed E-state index contributed by atoms with van der Waals surface area (Å²) < 4.78 is 24.0. The first-order chi connectivity index (χ1) is 7.85. The normalized spacial score (nSPS) is 18.4. The van der Waals surface area contributed by atoms with Crippen molar-refractivity contribution >= 4 is 33.5 Å². The molecule has 1 aromatic rings. The molecule has 17 heavy (non-hydrogen) atoms. The average Bonchev–Trinajstić information content (AvgIpc) is 2.51. The standard InChI is InChI=1S/C10H8ClNO4S/c11-6-2-1-3-7-5(6)4-8(17(7,15)16)9(12)10(13)14/h1-4,9H,12H2,(H,13,14). The van der Waals surface area contributed by atoms with Crippen LogP contribution in [0.1, 0.15) is 5.56 Å². The summed E-state index contributed by atoms with van der Waals surface area (Å²) in [6, 6.07) is 2.81. The van der Waals surface area contributed by atoms with Gasteiger partial charge in [-0.1, -0.05) is 17.7 Å². The zero-order valence-corrected chi connectivity index (χ0v) is 9.99. The summed E-state index contributed by atoms with van der Waals surface area (Å²) in [7, 11) is -3.84. The SMILES string of the molecule is NC(C(=O)O)C1=Cc2c(Cl)cccc2S1(=O)=O. The maximum Gasteiger partial charge on any atom is 0.325 e. The van der Waals surface area contributed by atoms with Crippen LogP contribution in [0.2, 0.25) is 5.02 Å². The van der Waals surface area contributed by atoms with E-state index in [1.165, 1.54) is 24.3 Å². The molecule has 2 rings (SSSR count). The maximum absolute atomic E-state index is 12.0. The van der Waals surface area contributed by atoms with Gasteiger partial charge in [0, 0.05) is 10.6 Å². The summed E-state index contributed by atoms with van der Waals surface area (Å²) in [6.07, 6.45) is 1.21. The van der Waals surface area contributed by atoms with Crippen LogP contribution in [0.3, 0.4) is 0 Å². The molecule has 1 aliphatic heterocycles. The third-order valence-electron chi connectivity index (χ3n) is 2.47. The number of halogens is 1. The molecule has 1 atom stereocenters. The lowest BCUT2D eigenvalue weighted by Gasteiger charge is -2.07. The van der Waals surface area contributed by atoms with Crippen molar-refractivity contribution in [3.8, 4) is 0 Å². The van der Waals surface area contributed by atoms with E-state index in [0.717, 1.165) is 0 Å². The number of benzene rings is 1. The predicted molar refractivity (Wildman–Crippen MR) is 62.2 cm³/mol. The lowest BCUT2D eigenvalue weighted by Crippen LogP contribution is -2.34. The Labute approximate surface area is 102 Å². The van der Waals surface area contributed by atoms with Crippen LogP contribution in [0, 0.1) is 0 Å². The molecule has 0 bridgehead atoms. The molecule has 5 nitrogen and oxygen atoms in total. The van der Waals surface area contributed by atoms with Crippen LogP contribution in [-0.2, 0) is 14.6 Å². The molecule has 1 aromatic carbocycles. The fourth-order valence-corrected chi connectivity index (χ4v) is 3.58. The summed E-state index contributed by atoms with van der Waals surface area (Å²) in [6.45, 7) is 0. The van der Waals surface area contributed by atoms with Crippen molar-refractivity contribution in [1.29, 1.82) is 0 Å². The molecular weight excluding hydrogens is 266 g/mol. The molecule has 0 aromatic heterocycles. The van der Waals surface area contributed by atoms with Gasteiger partial charge in [0.05, 0.1) is 9.80 Å². The zero-order chi connectivity index (χ0) is 12.8. The number of rotatable bonds is 2. The number of nitrogens with two attached hydrogens (primary N) is 1. The van der Waals surface area contributed by atoms with Gasteiger partial charge in [-0.25, -0.2) is 8.42 Å². The Morgan fingerprint density at radius 1 is 1.41 bits per heavy atom. The molecule has 0 saturated carbocycles. The van der Waals surface area contributed by atoms with E-state index in [1.807, 2.05) is 0 Å². The number of carboxylic acids is 1. The highest BCUT2D eigenvalue weighted by Crippen LogP contribution is 2.37. The lowest BCUT2D eigenvalue weighted by atomic mass is 10.2. The largest absolute Gasteiger partial charge is 0.480 e. The fourth-order valence-electron chi connectivity index (χ4n) is 1.62. The summed E-state index contributed by atoms with van der Waals surface area (Å²) in [5.41, 5.74) is 5.63. The minimum Gasteiger partial charge on any atom is -0.480 e. The van der Waals surface area contributed by atoms with Crippen molar-refractivity contribution in [3.05, 3.63) is 33.7 Å². The second kappa shape index (κ2) is 3.83. The minimum atomic E-state index is -3.84. The van der Waals surface area contributed by atoms with Gasteiger partial charge in [-0.05, 0) is 18.2 Å². The van der Waals surface area contributed by atoms with E-state index in [0.29, 0.717) is 5.56 Å². The van der Waals surface area contributed by atoms with Crippen molar-refractivity contribution in [2.45, 2.75) is 10.9 Å². The van der Waals surface area contributed by atoms with Crippen molar-refractivity contribution in [2.75, 3.05) is 0 Å². The van der Waals surface area contributed by atoms with Gasteiger partial charge in [0.1, 0.15) is 6.04 Å². The highest BCUT2D eigenvalue weighted by atomic mass is 35.5. The van der Waals surface area contributed by atoms with E-state index in [1.54, 1.807) is 0 Å². The smallest absolute Gasteiger partial charge is 0.325 e. The number of hydrogen-bond acceptors (Lipinski definition) is 4. The molecule has 0 spiro atoms. The van der Waals surface area contributed by atoms with Gasteiger partial charge in [-0.2, -0.15) is 0 Å². The van der Waals surface area contributed by atoms with E-state index < -0.39 is 21.8 Å². The third-order valence-corrected chi connectivity index (χ3v) is 4.73. The molecule has 3 N–H and O–H groups in total. The highest BCUT2D eigenvalue weighted by Gasteiger charge is 2.36. The minimum absolute atomic E-state index is 0.00306. The zero-order valence-electron chi connectivity index (χ0n) is 8.42. The number of hydrogen-bond donors (Lipinski definition) is 2. The quantitative estimate of drug-likeness (QED) is 0.834. The Kier molecular flexibility index (Phi) is 2.73. The molecule has 0 aliphatic carbocycles. The molecule has 0 fully saturated rings. The van der Waals surface area contributed by atoms with Crippen LogP contribution >= 0.6 is 11.6 Å². The molecule has 0 saturated heterocycles. The lowest BCUT2D eigenvalue weighted by molar-refractivity contribution is -0.137. The Bertz CT molecular complexity index is 636. The van der Waals surface area contributed by atoms with Crippen LogP contribution in [0.25, 0.3) is 6.08 Å². The van der Waals surface area contributed by atoms with Crippen molar-refractivity contribution < 1.29 is 18.3 Å². The van der Waals surface area contributed by atoms with Gasteiger partial charge in [0.2, 0.25) is 9.84 Å². The number of aliphatic carboxylic acids is 1. The monoisotopic (exact) mass is 273 g/mol. The Morgan fingerprint density at radius 3 is 2.59 bits per heavy atom. The first-order valence-electron chi connectivity index (χ1n) is 4.59. The van der Waals surface area contributed by atoms with E-state index in [9.17, 15) is 13.2 Å². The molecule has 7 heteroatoms. The molecule has 1 unspecified atom stereocenters. The maximum atomic E-state index is 12.0. The van der Waals surface area contributed by atoms with Crippen molar-refractivity contribution in [2.24, 2.45) is 5.73 Å². The number of sulfone groups is 1. The van der Waals surface area contributed by atoms with Gasteiger partial charge in [-0.3, -0.25) is 4.79 Å². The van der Waals surface area contributed by atoms with Gasteiger partial charge in [0.25, 0.3) is 0 Å². The van der Waals surface area contributed by atoms with Gasteiger partial charge < -0.3 is 10.8 Å². The summed E-state index contributed by atoms with van der Waals surface area (Å²) in [5.74, 6) is -1.40. The first kappa shape index (κ1) is 12.1. The number of fused-ring (bicyclic) bond motifs is 1. The van der Waals surface area contributed by atoms with Crippen LogP contribution in [0.4, 0.5) is 0 Å². The number of carbonyl (C=O) groups is 1. The Morgan fingerprint density at radius 2 is 2.06 bits per heavy atom. The van der Waals surface area contributed by atoms with E-state index in [-0.39, 0.29) is 14.8 Å². The predicted octanol–water partition coefficient (Wildman–Crippen LogP) is 0.880. The summed E-state index contributed by atoms with van der Waals surface area (Å²) in [4.78, 5) is 10.4. The average molecular weight is 274 g/mol. The second-order valence-electron chi connectivity index (χ2n) is 3.52. The fraction of sp³-hybridized carbons (Fsp3) is 0.100. The molecule has 90 valence electrons. The van der Waals surface area contributed by atoms with Crippen LogP contribution < -0.4 is 5.73 Å². The van der Waals surface area contributed by atoms with Crippen LogP contribution in [0.15, 0.2) is 28.0 Å². The van der Waals surface area contributed by atoms with Gasteiger partial charge in [-0.15, -0.1) is 0 Å². The molecule has 1 heterocycles. The van der Waals surface area contributed by atoms with Crippen molar-refractivity contribution in [1.82, 2.24) is 0 Å². The van der Waals surface area contributed by atoms with E-state index in [4.69, 9.17) is 22.4 Å².